The van der Waals surface area contributed by atoms with Gasteiger partial charge in [-0.25, -0.2) is 0 Å². The van der Waals surface area contributed by atoms with E-state index in [0.717, 1.165) is 31.9 Å². The van der Waals surface area contributed by atoms with E-state index in [1.165, 1.54) is 4.90 Å². The molecule has 0 aliphatic carbocycles. The third-order valence-corrected chi connectivity index (χ3v) is 7.03. The van der Waals surface area contributed by atoms with E-state index in [1.54, 1.807) is 19.2 Å². The minimum absolute atomic E-state index is 0.0141. The summed E-state index contributed by atoms with van der Waals surface area (Å²) in [6.07, 6.45) is -0.318. The van der Waals surface area contributed by atoms with Crippen molar-refractivity contribution in [2.75, 3.05) is 58.4 Å². The molecule has 4 rings (SSSR count). The first kappa shape index (κ1) is 24.6. The molecule has 3 aliphatic rings. The fourth-order valence-corrected chi connectivity index (χ4v) is 5.07. The number of Topliss-reactive ketones (excluding diaryl/α,β-unsaturated/α-hetero) is 1. The monoisotopic (exact) mass is 472 g/mol. The van der Waals surface area contributed by atoms with Crippen molar-refractivity contribution in [1.82, 2.24) is 15.1 Å². The average Bonchev–Trinajstić information content (AvgIpc) is 3.39. The first-order valence-corrected chi connectivity index (χ1v) is 12.1. The average molecular weight is 473 g/mol. The van der Waals surface area contributed by atoms with Crippen LogP contribution in [0, 0.1) is 5.92 Å². The standard InChI is InChI=1S/C25H36N4O5/c1-16(2)13-19(25(32)29-14-21(33-4)23-22(29)20(30)15-34-23)26-24(31)17-5-7-18(8-6-17)28-11-9-27(3)10-12-28/h5-8,16,19,21-23H,9-15H2,1-4H3,(H,26,31)/t19-,21+,22+,23+/m0/s1. The molecule has 0 spiro atoms. The molecule has 4 atom stereocenters. The summed E-state index contributed by atoms with van der Waals surface area (Å²) in [7, 11) is 3.67. The van der Waals surface area contributed by atoms with E-state index in [4.69, 9.17) is 9.47 Å². The Kier molecular flexibility index (Phi) is 7.54. The lowest BCUT2D eigenvalue weighted by Crippen LogP contribution is -2.52. The number of nitrogens with one attached hydrogen (secondary N) is 1. The first-order valence-electron chi connectivity index (χ1n) is 12.1. The summed E-state index contributed by atoms with van der Waals surface area (Å²) in [6, 6.07) is 6.16. The molecule has 186 valence electrons. The van der Waals surface area contributed by atoms with Crippen LogP contribution in [0.2, 0.25) is 0 Å². The number of benzene rings is 1. The van der Waals surface area contributed by atoms with Gasteiger partial charge < -0.3 is 29.5 Å². The van der Waals surface area contributed by atoms with Crippen molar-refractivity contribution < 1.29 is 23.9 Å². The molecular formula is C25H36N4O5. The van der Waals surface area contributed by atoms with E-state index in [2.05, 4.69) is 22.2 Å². The Morgan fingerprint density at radius 1 is 1.15 bits per heavy atom. The molecule has 0 unspecified atom stereocenters. The molecule has 1 N–H and O–H groups in total. The van der Waals surface area contributed by atoms with Crippen LogP contribution in [-0.2, 0) is 19.1 Å². The molecule has 34 heavy (non-hydrogen) atoms. The van der Waals surface area contributed by atoms with Gasteiger partial charge in [-0.05, 0) is 43.7 Å². The Morgan fingerprint density at radius 3 is 2.44 bits per heavy atom. The summed E-state index contributed by atoms with van der Waals surface area (Å²) in [4.78, 5) is 45.2. The van der Waals surface area contributed by atoms with Gasteiger partial charge >= 0.3 is 0 Å². The molecule has 3 aliphatic heterocycles. The Hall–Kier alpha value is -2.49. The maximum atomic E-state index is 13.5. The van der Waals surface area contributed by atoms with Gasteiger partial charge in [-0.2, -0.15) is 0 Å². The zero-order valence-corrected chi connectivity index (χ0v) is 20.5. The number of anilines is 1. The number of amides is 2. The second kappa shape index (κ2) is 10.4. The number of ketones is 1. The van der Waals surface area contributed by atoms with E-state index in [-0.39, 0.29) is 42.8 Å². The summed E-state index contributed by atoms with van der Waals surface area (Å²) in [6.45, 7) is 8.21. The minimum atomic E-state index is -0.727. The van der Waals surface area contributed by atoms with Crippen LogP contribution in [-0.4, -0.2) is 105 Å². The predicted molar refractivity (Wildman–Crippen MR) is 128 cm³/mol. The molecule has 1 aromatic carbocycles. The number of likely N-dealkylation sites (tertiary alicyclic amines) is 1. The van der Waals surface area contributed by atoms with Crippen LogP contribution in [0.15, 0.2) is 24.3 Å². The Morgan fingerprint density at radius 2 is 1.82 bits per heavy atom. The van der Waals surface area contributed by atoms with Crippen molar-refractivity contribution in [2.45, 2.75) is 44.6 Å². The van der Waals surface area contributed by atoms with Gasteiger partial charge in [0.25, 0.3) is 5.91 Å². The van der Waals surface area contributed by atoms with Crippen molar-refractivity contribution in [3.8, 4) is 0 Å². The smallest absolute Gasteiger partial charge is 0.251 e. The van der Waals surface area contributed by atoms with Crippen molar-refractivity contribution in [2.24, 2.45) is 5.92 Å². The number of likely N-dealkylation sites (N-methyl/N-ethyl adjacent to an activating group) is 1. The molecule has 0 aromatic heterocycles. The summed E-state index contributed by atoms with van der Waals surface area (Å²) < 4.78 is 11.1. The zero-order valence-electron chi connectivity index (χ0n) is 20.5. The summed E-state index contributed by atoms with van der Waals surface area (Å²) in [5.74, 6) is -0.491. The van der Waals surface area contributed by atoms with E-state index in [9.17, 15) is 14.4 Å². The zero-order chi connectivity index (χ0) is 24.4. The third-order valence-electron chi connectivity index (χ3n) is 7.03. The molecule has 2 amide bonds. The van der Waals surface area contributed by atoms with Crippen molar-refractivity contribution >= 4 is 23.3 Å². The van der Waals surface area contributed by atoms with E-state index >= 15 is 0 Å². The van der Waals surface area contributed by atoms with E-state index < -0.39 is 18.2 Å². The second-order valence-electron chi connectivity index (χ2n) is 9.94. The normalized spacial score (nSPS) is 26.1. The highest BCUT2D eigenvalue weighted by Gasteiger charge is 2.53. The van der Waals surface area contributed by atoms with Gasteiger partial charge in [0.05, 0.1) is 6.54 Å². The molecule has 9 heteroatoms. The van der Waals surface area contributed by atoms with Crippen LogP contribution in [0.1, 0.15) is 30.6 Å². The van der Waals surface area contributed by atoms with Gasteiger partial charge in [-0.15, -0.1) is 0 Å². The van der Waals surface area contributed by atoms with Crippen LogP contribution >= 0.6 is 0 Å². The highest BCUT2D eigenvalue weighted by molar-refractivity contribution is 5.99. The van der Waals surface area contributed by atoms with E-state index in [1.807, 2.05) is 26.0 Å². The SMILES string of the molecule is CO[C@@H]1CN(C(=O)[C@H](CC(C)C)NC(=O)c2ccc(N3CCN(C)CC3)cc2)[C@@H]2C(=O)CO[C@@H]21. The molecule has 0 radical (unpaired) electrons. The molecule has 1 aromatic rings. The molecule has 0 bridgehead atoms. The number of hydrogen-bond donors (Lipinski definition) is 1. The van der Waals surface area contributed by atoms with Crippen LogP contribution in [0.4, 0.5) is 5.69 Å². The lowest BCUT2D eigenvalue weighted by atomic mass is 10.0. The van der Waals surface area contributed by atoms with Crippen molar-refractivity contribution in [1.29, 1.82) is 0 Å². The number of fused-ring (bicyclic) bond motifs is 1. The summed E-state index contributed by atoms with van der Waals surface area (Å²) in [5.41, 5.74) is 1.60. The first-order chi connectivity index (χ1) is 16.3. The lowest BCUT2D eigenvalue weighted by molar-refractivity contribution is -0.138. The Bertz CT molecular complexity index is 897. The molecular weight excluding hydrogens is 436 g/mol. The molecule has 3 fully saturated rings. The molecule has 3 saturated heterocycles. The topological polar surface area (TPSA) is 91.4 Å². The van der Waals surface area contributed by atoms with Gasteiger partial charge in [-0.3, -0.25) is 14.4 Å². The number of hydrogen-bond acceptors (Lipinski definition) is 7. The maximum absolute atomic E-state index is 13.5. The van der Waals surface area contributed by atoms with E-state index in [0.29, 0.717) is 12.0 Å². The van der Waals surface area contributed by atoms with Crippen LogP contribution in [0.25, 0.3) is 0 Å². The lowest BCUT2D eigenvalue weighted by Gasteiger charge is -2.34. The van der Waals surface area contributed by atoms with Gasteiger partial charge in [0.1, 0.15) is 30.9 Å². The largest absolute Gasteiger partial charge is 0.377 e. The minimum Gasteiger partial charge on any atom is -0.377 e. The summed E-state index contributed by atoms with van der Waals surface area (Å²) in [5, 5.41) is 2.93. The number of methoxy groups -OCH3 is 1. The number of ether oxygens (including phenoxy) is 2. The van der Waals surface area contributed by atoms with Gasteiger partial charge in [0.2, 0.25) is 5.91 Å². The van der Waals surface area contributed by atoms with Crippen LogP contribution in [0.5, 0.6) is 0 Å². The number of carbonyl (C=O) groups excluding carboxylic acids is 3. The third kappa shape index (κ3) is 5.11. The van der Waals surface area contributed by atoms with Crippen molar-refractivity contribution in [3.63, 3.8) is 0 Å². The number of rotatable bonds is 7. The highest BCUT2D eigenvalue weighted by Crippen LogP contribution is 2.30. The van der Waals surface area contributed by atoms with Gasteiger partial charge in [-0.1, -0.05) is 13.8 Å². The molecule has 3 heterocycles. The number of carbonyl (C=O) groups is 3. The fraction of sp³-hybridized carbons (Fsp3) is 0.640. The van der Waals surface area contributed by atoms with Gasteiger partial charge in [0.15, 0.2) is 5.78 Å². The number of piperazine rings is 1. The summed E-state index contributed by atoms with van der Waals surface area (Å²) >= 11 is 0. The Labute approximate surface area is 201 Å². The van der Waals surface area contributed by atoms with Crippen molar-refractivity contribution in [3.05, 3.63) is 29.8 Å². The second-order valence-corrected chi connectivity index (χ2v) is 9.94. The highest BCUT2D eigenvalue weighted by atomic mass is 16.5. The number of nitrogens with zero attached hydrogens (tertiary/aromatic N) is 3. The van der Waals surface area contributed by atoms with Gasteiger partial charge in [0, 0.05) is 44.5 Å². The fourth-order valence-electron chi connectivity index (χ4n) is 5.07. The molecule has 0 saturated carbocycles. The molecule has 9 nitrogen and oxygen atoms in total. The van der Waals surface area contributed by atoms with Crippen LogP contribution in [0.3, 0.4) is 0 Å². The quantitative estimate of drug-likeness (QED) is 0.627. The van der Waals surface area contributed by atoms with Crippen LogP contribution < -0.4 is 10.2 Å². The predicted octanol–water partition coefficient (Wildman–Crippen LogP) is 0.777. The Balaban J connectivity index is 1.45. The maximum Gasteiger partial charge on any atom is 0.251 e.